The molecule has 3 rings (SSSR count). The van der Waals surface area contributed by atoms with E-state index in [4.69, 9.17) is 11.6 Å². The standard InChI is InChI=1S/C15H15ClN2OS/c1-9-15(20-11-7-5-10(16)6-8-11)14-12(17-9)3-2-4-13(14)18-19/h5-8,13,17H,2-4H2,1H3. The molecule has 1 heterocycles. The quantitative estimate of drug-likeness (QED) is 0.785. The monoisotopic (exact) mass is 306 g/mol. The molecule has 3 nitrogen and oxygen atoms in total. The van der Waals surface area contributed by atoms with Crippen LogP contribution in [0, 0.1) is 11.8 Å². The Labute approximate surface area is 127 Å². The van der Waals surface area contributed by atoms with Crippen LogP contribution in [0.1, 0.15) is 35.8 Å². The van der Waals surface area contributed by atoms with Crippen LogP contribution in [0.15, 0.2) is 39.2 Å². The third kappa shape index (κ3) is 2.50. The van der Waals surface area contributed by atoms with Gasteiger partial charge in [-0.3, -0.25) is 0 Å². The third-order valence-corrected chi connectivity index (χ3v) is 5.14. The van der Waals surface area contributed by atoms with Gasteiger partial charge in [0.25, 0.3) is 0 Å². The van der Waals surface area contributed by atoms with Crippen molar-refractivity contribution in [1.29, 1.82) is 0 Å². The van der Waals surface area contributed by atoms with Gasteiger partial charge < -0.3 is 4.98 Å². The Hall–Kier alpha value is -1.26. The van der Waals surface area contributed by atoms with E-state index in [2.05, 4.69) is 17.1 Å². The van der Waals surface area contributed by atoms with Crippen molar-refractivity contribution < 1.29 is 0 Å². The maximum Gasteiger partial charge on any atom is 0.120 e. The fraction of sp³-hybridized carbons (Fsp3) is 0.333. The minimum absolute atomic E-state index is 0.210. The number of hydrogen-bond donors (Lipinski definition) is 1. The van der Waals surface area contributed by atoms with Crippen molar-refractivity contribution in [3.05, 3.63) is 51.1 Å². The zero-order chi connectivity index (χ0) is 14.1. The molecule has 1 N–H and O–H groups in total. The van der Waals surface area contributed by atoms with Crippen LogP contribution >= 0.6 is 23.4 Å². The molecule has 1 aliphatic rings. The van der Waals surface area contributed by atoms with Gasteiger partial charge >= 0.3 is 0 Å². The molecule has 1 unspecified atom stereocenters. The van der Waals surface area contributed by atoms with Crippen LogP contribution in [0.25, 0.3) is 0 Å². The second-order valence-electron chi connectivity index (χ2n) is 5.04. The van der Waals surface area contributed by atoms with E-state index in [-0.39, 0.29) is 6.04 Å². The number of halogens is 1. The highest BCUT2D eigenvalue weighted by Gasteiger charge is 2.27. The van der Waals surface area contributed by atoms with Gasteiger partial charge in [-0.2, -0.15) is 4.91 Å². The topological polar surface area (TPSA) is 45.2 Å². The number of fused-ring (bicyclic) bond motifs is 1. The highest BCUT2D eigenvalue weighted by molar-refractivity contribution is 7.99. The molecule has 2 aromatic rings. The number of hydrogen-bond acceptors (Lipinski definition) is 3. The molecule has 1 atom stereocenters. The summed E-state index contributed by atoms with van der Waals surface area (Å²) in [5.41, 5.74) is 3.39. The van der Waals surface area contributed by atoms with Crippen molar-refractivity contribution in [2.75, 3.05) is 0 Å². The molecule has 20 heavy (non-hydrogen) atoms. The van der Waals surface area contributed by atoms with E-state index in [1.165, 1.54) is 5.69 Å². The molecule has 0 fully saturated rings. The van der Waals surface area contributed by atoms with Gasteiger partial charge in [-0.05, 0) is 50.5 Å². The zero-order valence-electron chi connectivity index (χ0n) is 11.1. The lowest BCUT2D eigenvalue weighted by atomic mass is 9.93. The summed E-state index contributed by atoms with van der Waals surface area (Å²) in [5.74, 6) is 0. The van der Waals surface area contributed by atoms with Gasteiger partial charge in [-0.25, -0.2) is 0 Å². The molecule has 5 heteroatoms. The minimum Gasteiger partial charge on any atom is -0.361 e. The van der Waals surface area contributed by atoms with Crippen LogP contribution in [0.2, 0.25) is 5.02 Å². The summed E-state index contributed by atoms with van der Waals surface area (Å²) in [7, 11) is 0. The predicted molar refractivity (Wildman–Crippen MR) is 82.6 cm³/mol. The van der Waals surface area contributed by atoms with Crippen LogP contribution in [0.4, 0.5) is 0 Å². The summed E-state index contributed by atoms with van der Waals surface area (Å²) < 4.78 is 0. The van der Waals surface area contributed by atoms with E-state index in [0.29, 0.717) is 0 Å². The molecular weight excluding hydrogens is 292 g/mol. The summed E-state index contributed by atoms with van der Waals surface area (Å²) in [6.45, 7) is 2.05. The Morgan fingerprint density at radius 1 is 1.35 bits per heavy atom. The smallest absolute Gasteiger partial charge is 0.120 e. The Balaban J connectivity index is 1.99. The van der Waals surface area contributed by atoms with E-state index >= 15 is 0 Å². The largest absolute Gasteiger partial charge is 0.361 e. The Bertz CT molecular complexity index is 636. The highest BCUT2D eigenvalue weighted by Crippen LogP contribution is 2.43. The third-order valence-electron chi connectivity index (χ3n) is 3.65. The van der Waals surface area contributed by atoms with E-state index < -0.39 is 0 Å². The van der Waals surface area contributed by atoms with Crippen molar-refractivity contribution >= 4 is 23.4 Å². The molecule has 1 aromatic carbocycles. The second kappa shape index (κ2) is 5.62. The Morgan fingerprint density at radius 3 is 2.80 bits per heavy atom. The SMILES string of the molecule is Cc1[nH]c2c(c1Sc1ccc(Cl)cc1)C(N=O)CCC2. The number of aromatic amines is 1. The van der Waals surface area contributed by atoms with Gasteiger partial charge in [0.2, 0.25) is 0 Å². The second-order valence-corrected chi connectivity index (χ2v) is 6.56. The van der Waals surface area contributed by atoms with Crippen molar-refractivity contribution in [2.24, 2.45) is 5.18 Å². The zero-order valence-corrected chi connectivity index (χ0v) is 12.7. The van der Waals surface area contributed by atoms with Crippen LogP contribution in [0.5, 0.6) is 0 Å². The summed E-state index contributed by atoms with van der Waals surface area (Å²) in [6.07, 6.45) is 2.87. The van der Waals surface area contributed by atoms with Crippen LogP contribution in [-0.2, 0) is 6.42 Å². The number of aryl methyl sites for hydroxylation is 2. The molecule has 0 amide bonds. The number of nitroso groups, excluding NO2 is 1. The van der Waals surface area contributed by atoms with Gasteiger partial charge in [0, 0.05) is 31.8 Å². The van der Waals surface area contributed by atoms with Crippen LogP contribution in [-0.4, -0.2) is 4.98 Å². The first-order chi connectivity index (χ1) is 9.69. The molecule has 0 aliphatic heterocycles. The summed E-state index contributed by atoms with van der Waals surface area (Å²) >= 11 is 7.59. The molecular formula is C15H15ClN2OS. The Morgan fingerprint density at radius 2 is 2.10 bits per heavy atom. The highest BCUT2D eigenvalue weighted by atomic mass is 35.5. The summed E-state index contributed by atoms with van der Waals surface area (Å²) in [6, 6.07) is 7.55. The van der Waals surface area contributed by atoms with E-state index in [1.807, 2.05) is 24.3 Å². The number of nitrogens with one attached hydrogen (secondary N) is 1. The van der Waals surface area contributed by atoms with E-state index in [9.17, 15) is 4.91 Å². The molecule has 1 aliphatic carbocycles. The van der Waals surface area contributed by atoms with Gasteiger partial charge in [0.05, 0.1) is 0 Å². The fourth-order valence-electron chi connectivity index (χ4n) is 2.71. The number of H-pyrrole nitrogens is 1. The molecule has 0 bridgehead atoms. The maximum absolute atomic E-state index is 11.1. The number of nitrogens with zero attached hydrogens (tertiary/aromatic N) is 1. The van der Waals surface area contributed by atoms with E-state index in [0.717, 1.165) is 45.3 Å². The van der Waals surface area contributed by atoms with Crippen molar-refractivity contribution in [2.45, 2.75) is 42.0 Å². The van der Waals surface area contributed by atoms with Crippen molar-refractivity contribution in [1.82, 2.24) is 4.98 Å². The lowest BCUT2D eigenvalue weighted by Gasteiger charge is -2.17. The lowest BCUT2D eigenvalue weighted by molar-refractivity contribution is 0.559. The van der Waals surface area contributed by atoms with Crippen molar-refractivity contribution in [3.8, 4) is 0 Å². The van der Waals surface area contributed by atoms with Crippen LogP contribution < -0.4 is 0 Å². The first-order valence-corrected chi connectivity index (χ1v) is 7.85. The number of benzene rings is 1. The molecule has 0 radical (unpaired) electrons. The molecule has 1 aromatic heterocycles. The average Bonchev–Trinajstić information content (AvgIpc) is 2.77. The van der Waals surface area contributed by atoms with E-state index in [1.54, 1.807) is 11.8 Å². The van der Waals surface area contributed by atoms with Gasteiger partial charge in [-0.15, -0.1) is 0 Å². The molecule has 0 saturated carbocycles. The molecule has 0 saturated heterocycles. The first-order valence-electron chi connectivity index (χ1n) is 6.66. The number of aromatic nitrogens is 1. The van der Waals surface area contributed by atoms with Crippen molar-refractivity contribution in [3.63, 3.8) is 0 Å². The predicted octanol–water partition coefficient (Wildman–Crippen LogP) is 5.27. The Kier molecular flexibility index (Phi) is 3.85. The maximum atomic E-state index is 11.1. The van der Waals surface area contributed by atoms with Gasteiger partial charge in [0.1, 0.15) is 6.04 Å². The average molecular weight is 307 g/mol. The molecule has 0 spiro atoms. The van der Waals surface area contributed by atoms with Gasteiger partial charge in [-0.1, -0.05) is 28.5 Å². The van der Waals surface area contributed by atoms with Crippen LogP contribution in [0.3, 0.4) is 0 Å². The molecule has 104 valence electrons. The minimum atomic E-state index is -0.210. The summed E-state index contributed by atoms with van der Waals surface area (Å²) in [5, 5.41) is 4.05. The fourth-order valence-corrected chi connectivity index (χ4v) is 3.92. The lowest BCUT2D eigenvalue weighted by Crippen LogP contribution is -2.06. The first kappa shape index (κ1) is 13.7. The number of rotatable bonds is 3. The normalized spacial score (nSPS) is 17.8. The summed E-state index contributed by atoms with van der Waals surface area (Å²) in [4.78, 5) is 16.8. The van der Waals surface area contributed by atoms with Gasteiger partial charge in [0.15, 0.2) is 0 Å².